The minimum atomic E-state index is -5.04. The molecule has 3 rings (SSSR count). The molecule has 9 heteroatoms. The lowest BCUT2D eigenvalue weighted by Gasteiger charge is -2.15. The SMILES string of the molecule is O=C(Nc1ccccc1-c1ccccn1)c1cc(C(F)(F)F)cc(C(F)(F)F)c1. The quantitative estimate of drug-likeness (QED) is 0.535. The first-order chi connectivity index (χ1) is 13.6. The number of anilines is 1. The van der Waals surface area contributed by atoms with Crippen LogP contribution in [0, 0.1) is 0 Å². The van der Waals surface area contributed by atoms with Crippen molar-refractivity contribution in [3.8, 4) is 11.3 Å². The maximum atomic E-state index is 13.0. The molecule has 0 unspecified atom stereocenters. The van der Waals surface area contributed by atoms with Crippen molar-refractivity contribution < 1.29 is 31.1 Å². The van der Waals surface area contributed by atoms with E-state index in [9.17, 15) is 31.1 Å². The van der Waals surface area contributed by atoms with Gasteiger partial charge in [0.15, 0.2) is 0 Å². The van der Waals surface area contributed by atoms with Crippen LogP contribution in [0.5, 0.6) is 0 Å². The van der Waals surface area contributed by atoms with Crippen LogP contribution in [-0.2, 0) is 12.4 Å². The summed E-state index contributed by atoms with van der Waals surface area (Å²) in [6, 6.07) is 12.1. The largest absolute Gasteiger partial charge is 0.416 e. The number of carbonyl (C=O) groups is 1. The van der Waals surface area contributed by atoms with Gasteiger partial charge in [-0.3, -0.25) is 9.78 Å². The Balaban J connectivity index is 2.01. The molecule has 2 aromatic carbocycles. The van der Waals surface area contributed by atoms with Gasteiger partial charge in [-0.25, -0.2) is 0 Å². The first-order valence-electron chi connectivity index (χ1n) is 8.17. The Morgan fingerprint density at radius 1 is 0.793 bits per heavy atom. The van der Waals surface area contributed by atoms with E-state index in [1.165, 1.54) is 12.3 Å². The summed E-state index contributed by atoms with van der Waals surface area (Å²) < 4.78 is 78.0. The molecule has 1 N–H and O–H groups in total. The molecule has 0 aliphatic carbocycles. The molecule has 1 aromatic heterocycles. The minimum absolute atomic E-state index is 0.0292. The van der Waals surface area contributed by atoms with Gasteiger partial charge in [-0.15, -0.1) is 0 Å². The number of carbonyl (C=O) groups excluding carboxylic acids is 1. The van der Waals surface area contributed by atoms with Crippen molar-refractivity contribution in [3.05, 3.63) is 83.6 Å². The lowest BCUT2D eigenvalue weighted by atomic mass is 10.0. The van der Waals surface area contributed by atoms with E-state index in [1.807, 2.05) is 0 Å². The van der Waals surface area contributed by atoms with E-state index in [0.29, 0.717) is 23.4 Å². The number of alkyl halides is 6. The van der Waals surface area contributed by atoms with E-state index >= 15 is 0 Å². The smallest absolute Gasteiger partial charge is 0.321 e. The van der Waals surface area contributed by atoms with Crippen molar-refractivity contribution in [1.82, 2.24) is 4.98 Å². The van der Waals surface area contributed by atoms with E-state index < -0.39 is 35.0 Å². The Kier molecular flexibility index (Phi) is 5.32. The summed E-state index contributed by atoms with van der Waals surface area (Å²) in [5.74, 6) is -1.11. The molecule has 3 aromatic rings. The third-order valence-corrected chi connectivity index (χ3v) is 3.97. The van der Waals surface area contributed by atoms with Crippen molar-refractivity contribution >= 4 is 11.6 Å². The molecule has 0 atom stereocenters. The van der Waals surface area contributed by atoms with Crippen LogP contribution in [0.15, 0.2) is 66.9 Å². The van der Waals surface area contributed by atoms with Crippen molar-refractivity contribution in [2.45, 2.75) is 12.4 Å². The average molecular weight is 410 g/mol. The lowest BCUT2D eigenvalue weighted by Crippen LogP contribution is -2.17. The maximum absolute atomic E-state index is 13.0. The number of para-hydroxylation sites is 1. The van der Waals surface area contributed by atoms with Crippen LogP contribution in [0.4, 0.5) is 32.0 Å². The number of halogens is 6. The highest BCUT2D eigenvalue weighted by molar-refractivity contribution is 6.06. The predicted octanol–water partition coefficient (Wildman–Crippen LogP) is 6.04. The zero-order valence-electron chi connectivity index (χ0n) is 14.5. The van der Waals surface area contributed by atoms with E-state index in [4.69, 9.17) is 0 Å². The second kappa shape index (κ2) is 7.57. The molecule has 0 aliphatic heterocycles. The Labute approximate surface area is 161 Å². The highest BCUT2D eigenvalue weighted by Crippen LogP contribution is 2.36. The van der Waals surface area contributed by atoms with Gasteiger partial charge in [-0.1, -0.05) is 24.3 Å². The molecule has 29 heavy (non-hydrogen) atoms. The summed E-state index contributed by atoms with van der Waals surface area (Å²) in [5, 5.41) is 2.37. The van der Waals surface area contributed by atoms with Gasteiger partial charge in [0.05, 0.1) is 22.5 Å². The van der Waals surface area contributed by atoms with E-state index in [2.05, 4.69) is 10.3 Å². The van der Waals surface area contributed by atoms with Crippen LogP contribution in [0.2, 0.25) is 0 Å². The summed E-state index contributed by atoms with van der Waals surface area (Å²) in [7, 11) is 0. The number of aromatic nitrogens is 1. The molecule has 0 bridgehead atoms. The summed E-state index contributed by atoms with van der Waals surface area (Å²) in [6.45, 7) is 0. The van der Waals surface area contributed by atoms with Crippen LogP contribution in [0.1, 0.15) is 21.5 Å². The molecule has 0 radical (unpaired) electrons. The van der Waals surface area contributed by atoms with E-state index in [0.717, 1.165) is 0 Å². The molecule has 150 valence electrons. The number of amides is 1. The van der Waals surface area contributed by atoms with E-state index in [-0.39, 0.29) is 11.8 Å². The third-order valence-electron chi connectivity index (χ3n) is 3.97. The normalized spacial score (nSPS) is 11.9. The van der Waals surface area contributed by atoms with Gasteiger partial charge < -0.3 is 5.32 Å². The molecule has 1 amide bonds. The monoisotopic (exact) mass is 410 g/mol. The highest BCUT2D eigenvalue weighted by atomic mass is 19.4. The van der Waals surface area contributed by atoms with Gasteiger partial charge >= 0.3 is 12.4 Å². The fourth-order valence-electron chi connectivity index (χ4n) is 2.62. The molecule has 0 saturated heterocycles. The molecule has 0 spiro atoms. The first kappa shape index (κ1) is 20.4. The summed E-state index contributed by atoms with van der Waals surface area (Å²) >= 11 is 0. The van der Waals surface area contributed by atoms with Crippen LogP contribution in [0.25, 0.3) is 11.3 Å². The standard InChI is InChI=1S/C20H12F6N2O/c21-19(22,23)13-9-12(10-14(11-13)20(24,25)26)18(29)28-17-7-2-1-5-15(17)16-6-3-4-8-27-16/h1-11H,(H,28,29). The molecule has 1 heterocycles. The Bertz CT molecular complexity index is 997. The topological polar surface area (TPSA) is 42.0 Å². The average Bonchev–Trinajstić information content (AvgIpc) is 2.67. The molecule has 0 fully saturated rings. The first-order valence-corrected chi connectivity index (χ1v) is 8.17. The van der Waals surface area contributed by atoms with Crippen LogP contribution in [-0.4, -0.2) is 10.9 Å². The molecular weight excluding hydrogens is 398 g/mol. The van der Waals surface area contributed by atoms with Gasteiger partial charge in [0.25, 0.3) is 5.91 Å². The second-order valence-corrected chi connectivity index (χ2v) is 6.01. The number of pyridine rings is 1. The fraction of sp³-hybridized carbons (Fsp3) is 0.100. The molecule has 3 nitrogen and oxygen atoms in total. The zero-order chi connectivity index (χ0) is 21.2. The van der Waals surface area contributed by atoms with Gasteiger partial charge in [-0.05, 0) is 36.4 Å². The van der Waals surface area contributed by atoms with Crippen molar-refractivity contribution in [2.24, 2.45) is 0 Å². The van der Waals surface area contributed by atoms with Crippen LogP contribution < -0.4 is 5.32 Å². The highest BCUT2D eigenvalue weighted by Gasteiger charge is 2.37. The number of benzene rings is 2. The van der Waals surface area contributed by atoms with Gasteiger partial charge in [0.2, 0.25) is 0 Å². The summed E-state index contributed by atoms with van der Waals surface area (Å²) in [5.41, 5.74) is -2.75. The minimum Gasteiger partial charge on any atom is -0.321 e. The molecule has 0 aliphatic rings. The fourth-order valence-corrected chi connectivity index (χ4v) is 2.62. The summed E-state index contributed by atoms with van der Waals surface area (Å²) in [4.78, 5) is 16.6. The number of nitrogens with one attached hydrogen (secondary N) is 1. The van der Waals surface area contributed by atoms with Crippen molar-refractivity contribution in [1.29, 1.82) is 0 Å². The Morgan fingerprint density at radius 2 is 1.38 bits per heavy atom. The van der Waals surface area contributed by atoms with Crippen molar-refractivity contribution in [2.75, 3.05) is 5.32 Å². The van der Waals surface area contributed by atoms with Gasteiger partial charge in [0.1, 0.15) is 0 Å². The molecular formula is C20H12F6N2O. The second-order valence-electron chi connectivity index (χ2n) is 6.01. The number of hydrogen-bond acceptors (Lipinski definition) is 2. The Hall–Kier alpha value is -3.36. The van der Waals surface area contributed by atoms with Gasteiger partial charge in [-0.2, -0.15) is 26.3 Å². The summed E-state index contributed by atoms with van der Waals surface area (Å²) in [6.07, 6.45) is -8.57. The molecule has 0 saturated carbocycles. The Morgan fingerprint density at radius 3 is 1.93 bits per heavy atom. The van der Waals surface area contributed by atoms with Gasteiger partial charge in [0, 0.05) is 17.3 Å². The van der Waals surface area contributed by atoms with Crippen LogP contribution in [0.3, 0.4) is 0 Å². The number of rotatable bonds is 3. The maximum Gasteiger partial charge on any atom is 0.416 e. The van der Waals surface area contributed by atoms with E-state index in [1.54, 1.807) is 36.4 Å². The van der Waals surface area contributed by atoms with Crippen LogP contribution >= 0.6 is 0 Å². The predicted molar refractivity (Wildman–Crippen MR) is 94.1 cm³/mol. The lowest BCUT2D eigenvalue weighted by molar-refractivity contribution is -0.143. The number of nitrogens with zero attached hydrogens (tertiary/aromatic N) is 1. The number of hydrogen-bond donors (Lipinski definition) is 1. The van der Waals surface area contributed by atoms with Crippen molar-refractivity contribution in [3.63, 3.8) is 0 Å². The third kappa shape index (κ3) is 4.74. The zero-order valence-corrected chi connectivity index (χ0v) is 14.5.